The number of thiazole rings is 1. The van der Waals surface area contributed by atoms with Gasteiger partial charge in [0.15, 0.2) is 0 Å². The molecular weight excluding hydrogens is 386 g/mol. The molecule has 6 nitrogen and oxygen atoms in total. The Balaban J connectivity index is 1.49. The Morgan fingerprint density at radius 1 is 1.17 bits per heavy atom. The maximum Gasteiger partial charge on any atom is 0.274 e. The smallest absolute Gasteiger partial charge is 0.274 e. The lowest BCUT2D eigenvalue weighted by Gasteiger charge is -2.34. The van der Waals surface area contributed by atoms with E-state index in [1.54, 1.807) is 5.38 Å². The molecule has 0 saturated carbocycles. The summed E-state index contributed by atoms with van der Waals surface area (Å²) in [6.07, 6.45) is 0.421. The fourth-order valence-corrected chi connectivity index (χ4v) is 4.07. The maximum absolute atomic E-state index is 13.1. The average molecular weight is 407 g/mol. The molecule has 1 aliphatic rings. The number of carbonyl (C=O) groups excluding carboxylic acids is 2. The topological polar surface area (TPSA) is 85.5 Å². The third-order valence-corrected chi connectivity index (χ3v) is 5.81. The summed E-state index contributed by atoms with van der Waals surface area (Å²) < 4.78 is 5.74. The van der Waals surface area contributed by atoms with Crippen LogP contribution >= 0.6 is 11.3 Å². The van der Waals surface area contributed by atoms with E-state index in [2.05, 4.69) is 4.98 Å². The van der Waals surface area contributed by atoms with E-state index in [-0.39, 0.29) is 12.5 Å². The minimum absolute atomic E-state index is 0.281. The van der Waals surface area contributed by atoms with Crippen LogP contribution in [0.4, 0.5) is 0 Å². The van der Waals surface area contributed by atoms with E-state index in [9.17, 15) is 9.59 Å². The average Bonchev–Trinajstić information content (AvgIpc) is 3.21. The number of aromatic nitrogens is 1. The van der Waals surface area contributed by atoms with Crippen molar-refractivity contribution >= 4 is 23.2 Å². The van der Waals surface area contributed by atoms with Gasteiger partial charge in [0.25, 0.3) is 5.91 Å². The predicted molar refractivity (Wildman–Crippen MR) is 111 cm³/mol. The zero-order valence-corrected chi connectivity index (χ0v) is 16.8. The first-order valence-corrected chi connectivity index (χ1v) is 10.2. The summed E-state index contributed by atoms with van der Waals surface area (Å²) in [6.45, 7) is 2.64. The van der Waals surface area contributed by atoms with Crippen LogP contribution in [0.1, 0.15) is 32.2 Å². The molecular formula is C22H21N3O3S. The number of carbonyl (C=O) groups is 2. The monoisotopic (exact) mass is 407 g/mol. The van der Waals surface area contributed by atoms with Crippen LogP contribution in [0, 0.1) is 6.92 Å². The minimum Gasteiger partial charge on any atom is -0.486 e. The van der Waals surface area contributed by atoms with Gasteiger partial charge in [0.2, 0.25) is 5.91 Å². The van der Waals surface area contributed by atoms with E-state index < -0.39 is 11.9 Å². The van der Waals surface area contributed by atoms with Gasteiger partial charge in [-0.2, -0.15) is 0 Å². The Labute approximate surface area is 172 Å². The number of fused-ring (bicyclic) bond motifs is 1. The Hall–Kier alpha value is -3.19. The Morgan fingerprint density at radius 2 is 1.90 bits per heavy atom. The third-order valence-electron chi connectivity index (χ3n) is 4.99. The third kappa shape index (κ3) is 4.14. The lowest BCUT2D eigenvalue weighted by atomic mass is 9.93. The van der Waals surface area contributed by atoms with Gasteiger partial charge in [0.05, 0.1) is 0 Å². The number of hydrogen-bond donors (Lipinski definition) is 1. The predicted octanol–water partition coefficient (Wildman–Crippen LogP) is 3.08. The molecule has 2 N–H and O–H groups in total. The van der Waals surface area contributed by atoms with Crippen LogP contribution < -0.4 is 10.5 Å². The summed E-state index contributed by atoms with van der Waals surface area (Å²) in [4.78, 5) is 31.0. The molecule has 148 valence electrons. The molecule has 7 heteroatoms. The normalized spacial score (nSPS) is 15.6. The molecule has 3 aromatic rings. The van der Waals surface area contributed by atoms with Crippen molar-refractivity contribution in [2.75, 3.05) is 0 Å². The molecule has 2 aromatic carbocycles. The molecule has 0 aliphatic carbocycles. The first-order chi connectivity index (χ1) is 14.0. The quantitative estimate of drug-likeness (QED) is 0.704. The molecule has 0 radical (unpaired) electrons. The standard InChI is InChI=1S/C22H21N3O3S/c1-14-6-8-17(9-7-14)28-12-20-24-18(13-29-20)22(27)25-11-16-5-3-2-4-15(16)10-19(25)21(23)26/h2-9,13,19H,10-12H2,1H3,(H2,23,26)/t19-/m0/s1. The lowest BCUT2D eigenvalue weighted by Crippen LogP contribution is -2.51. The number of nitrogens with zero attached hydrogens (tertiary/aromatic N) is 2. The molecule has 1 aliphatic heterocycles. The highest BCUT2D eigenvalue weighted by molar-refractivity contribution is 7.09. The molecule has 1 aromatic heterocycles. The van der Waals surface area contributed by atoms with Gasteiger partial charge in [-0.25, -0.2) is 4.98 Å². The van der Waals surface area contributed by atoms with Crippen LogP contribution in [-0.4, -0.2) is 27.7 Å². The minimum atomic E-state index is -0.675. The molecule has 2 heterocycles. The Morgan fingerprint density at radius 3 is 2.62 bits per heavy atom. The summed E-state index contributed by atoms with van der Waals surface area (Å²) in [7, 11) is 0. The van der Waals surface area contributed by atoms with Crippen molar-refractivity contribution in [2.45, 2.75) is 32.5 Å². The molecule has 0 spiro atoms. The number of hydrogen-bond acceptors (Lipinski definition) is 5. The van der Waals surface area contributed by atoms with Crippen LogP contribution in [0.2, 0.25) is 0 Å². The molecule has 2 amide bonds. The van der Waals surface area contributed by atoms with Crippen LogP contribution in [-0.2, 0) is 24.4 Å². The van der Waals surface area contributed by atoms with Gasteiger partial charge in [0.1, 0.15) is 29.1 Å². The van der Waals surface area contributed by atoms with Gasteiger partial charge < -0.3 is 15.4 Å². The summed E-state index contributed by atoms with van der Waals surface area (Å²) in [5, 5.41) is 2.40. The Bertz CT molecular complexity index is 1050. The van der Waals surface area contributed by atoms with E-state index in [4.69, 9.17) is 10.5 Å². The second-order valence-corrected chi connectivity index (χ2v) is 7.99. The van der Waals surface area contributed by atoms with Crippen LogP contribution in [0.5, 0.6) is 5.75 Å². The van der Waals surface area contributed by atoms with Gasteiger partial charge >= 0.3 is 0 Å². The van der Waals surface area contributed by atoms with Crippen molar-refractivity contribution in [3.8, 4) is 5.75 Å². The fraction of sp³-hybridized carbons (Fsp3) is 0.227. The van der Waals surface area contributed by atoms with Gasteiger partial charge in [0, 0.05) is 18.3 Å². The van der Waals surface area contributed by atoms with Crippen molar-refractivity contribution in [1.29, 1.82) is 0 Å². The summed E-state index contributed by atoms with van der Waals surface area (Å²) >= 11 is 1.36. The van der Waals surface area contributed by atoms with Crippen LogP contribution in [0.15, 0.2) is 53.9 Å². The van der Waals surface area contributed by atoms with E-state index in [1.165, 1.54) is 16.2 Å². The van der Waals surface area contributed by atoms with E-state index in [0.29, 0.717) is 23.7 Å². The fourth-order valence-electron chi connectivity index (χ4n) is 3.39. The van der Waals surface area contributed by atoms with Crippen molar-refractivity contribution in [2.24, 2.45) is 5.73 Å². The Kier molecular flexibility index (Phi) is 5.31. The van der Waals surface area contributed by atoms with Crippen LogP contribution in [0.3, 0.4) is 0 Å². The number of primary amides is 1. The molecule has 29 heavy (non-hydrogen) atoms. The van der Waals surface area contributed by atoms with E-state index >= 15 is 0 Å². The summed E-state index contributed by atoms with van der Waals surface area (Å²) in [5.74, 6) is -0.0488. The number of amides is 2. The molecule has 0 bridgehead atoms. The van der Waals surface area contributed by atoms with Gasteiger partial charge in [-0.05, 0) is 30.2 Å². The highest BCUT2D eigenvalue weighted by atomic mass is 32.1. The molecule has 1 atom stereocenters. The van der Waals surface area contributed by atoms with Crippen molar-refractivity contribution in [3.63, 3.8) is 0 Å². The summed E-state index contributed by atoms with van der Waals surface area (Å²) in [6, 6.07) is 14.9. The SMILES string of the molecule is Cc1ccc(OCc2nc(C(=O)N3Cc4ccccc4C[C@H]3C(N)=O)cs2)cc1. The highest BCUT2D eigenvalue weighted by Gasteiger charge is 2.34. The van der Waals surface area contributed by atoms with E-state index in [0.717, 1.165) is 22.4 Å². The second-order valence-electron chi connectivity index (χ2n) is 7.05. The van der Waals surface area contributed by atoms with Crippen molar-refractivity contribution in [3.05, 3.63) is 81.3 Å². The lowest BCUT2D eigenvalue weighted by molar-refractivity contribution is -0.122. The summed E-state index contributed by atoms with van der Waals surface area (Å²) in [5.41, 5.74) is 9.13. The zero-order chi connectivity index (χ0) is 20.4. The number of benzene rings is 2. The van der Waals surface area contributed by atoms with Gasteiger partial charge in [-0.15, -0.1) is 11.3 Å². The first kappa shape index (κ1) is 19.1. The number of rotatable bonds is 5. The largest absolute Gasteiger partial charge is 0.486 e. The van der Waals surface area contributed by atoms with Gasteiger partial charge in [-0.1, -0.05) is 42.0 Å². The number of aryl methyl sites for hydroxylation is 1. The molecule has 4 rings (SSSR count). The molecule has 0 fully saturated rings. The van der Waals surface area contributed by atoms with Crippen molar-refractivity contribution in [1.82, 2.24) is 9.88 Å². The molecule has 0 saturated heterocycles. The van der Waals surface area contributed by atoms with Gasteiger partial charge in [-0.3, -0.25) is 9.59 Å². The number of ether oxygens (including phenoxy) is 1. The van der Waals surface area contributed by atoms with E-state index in [1.807, 2.05) is 55.5 Å². The molecule has 0 unspecified atom stereocenters. The van der Waals surface area contributed by atoms with Crippen molar-refractivity contribution < 1.29 is 14.3 Å². The maximum atomic E-state index is 13.1. The van der Waals surface area contributed by atoms with Crippen LogP contribution in [0.25, 0.3) is 0 Å². The highest BCUT2D eigenvalue weighted by Crippen LogP contribution is 2.25. The number of nitrogens with two attached hydrogens (primary N) is 1. The second kappa shape index (κ2) is 8.05. The zero-order valence-electron chi connectivity index (χ0n) is 16.0. The first-order valence-electron chi connectivity index (χ1n) is 9.32.